The summed E-state index contributed by atoms with van der Waals surface area (Å²) < 4.78 is 63.8. The van der Waals surface area contributed by atoms with Gasteiger partial charge in [-0.25, -0.2) is 0 Å². The van der Waals surface area contributed by atoms with Gasteiger partial charge in [-0.15, -0.1) is 0 Å². The molecule has 0 aromatic carbocycles. The lowest BCUT2D eigenvalue weighted by Crippen LogP contribution is -2.59. The molecular weight excluding hydrogens is 971 g/mol. The Kier molecular flexibility index (Phi) is 25.4. The summed E-state index contributed by atoms with van der Waals surface area (Å²) in [6.07, 6.45) is -5.36. The maximum Gasteiger partial charge on any atom is 0.311 e. The first-order valence-electron chi connectivity index (χ1n) is 28.1. The van der Waals surface area contributed by atoms with Gasteiger partial charge >= 0.3 is 17.9 Å². The lowest BCUT2D eigenvalue weighted by atomic mass is 9.74. The fourth-order valence-electron chi connectivity index (χ4n) is 12.6. The molecule has 0 bridgehead atoms. The highest BCUT2D eigenvalue weighted by atomic mass is 16.7. The summed E-state index contributed by atoms with van der Waals surface area (Å²) >= 11 is 0. The van der Waals surface area contributed by atoms with Gasteiger partial charge in [-0.1, -0.05) is 93.7 Å². The largest absolute Gasteiger partial charge is 0.461 e. The standard InChI is InChI=1S/C57H99NO17/c1-19-20-21-41-23-30(4)24-42(25-31(41)5)71-50-35(9)47(74-55-46(62)43(58-67-18)26-34(8)69-55)32(6)27-57(15,75-40(14)59)53(63)37(11)49(72-44(60)22-29(2)3)36(10)48(73-54(64)38(50)12)33(7)28-68-56-52(66-17)51(65-16)45(61)39(13)70-56/h29-39,41-42,45-52,55-56,61-62H,19-28H2,1-18H3/t30-,31-,32-,33-,34+,35+,36-,37+,38+,39+,41?,42+,45+,46+,47-,48?,49+,50-,51+,52+,55-,56+,57-/m0/s1. The minimum Gasteiger partial charge on any atom is -0.461 e. The minimum absolute atomic E-state index is 0.0445. The van der Waals surface area contributed by atoms with Gasteiger partial charge in [0.15, 0.2) is 24.0 Å². The van der Waals surface area contributed by atoms with Crippen molar-refractivity contribution in [2.75, 3.05) is 27.9 Å². The second-order valence-corrected chi connectivity index (χ2v) is 23.8. The van der Waals surface area contributed by atoms with Crippen LogP contribution >= 0.6 is 0 Å². The van der Waals surface area contributed by atoms with E-state index < -0.39 is 138 Å². The number of rotatable bonds is 18. The Morgan fingerprint density at radius 2 is 1.47 bits per heavy atom. The normalized spacial score (nSPS) is 41.8. The predicted octanol–water partition coefficient (Wildman–Crippen LogP) is 8.02. The van der Waals surface area contributed by atoms with Gasteiger partial charge in [-0.05, 0) is 83.0 Å². The molecular formula is C57H99NO17. The van der Waals surface area contributed by atoms with Crippen LogP contribution in [-0.4, -0.2) is 153 Å². The number of aliphatic hydroxyl groups is 2. The fourth-order valence-corrected chi connectivity index (χ4v) is 12.6. The van der Waals surface area contributed by atoms with Gasteiger partial charge in [0, 0.05) is 51.7 Å². The number of methoxy groups -OCH3 is 2. The van der Waals surface area contributed by atoms with E-state index in [1.54, 1.807) is 34.6 Å². The lowest BCUT2D eigenvalue weighted by molar-refractivity contribution is -0.305. The van der Waals surface area contributed by atoms with Crippen LogP contribution in [0.4, 0.5) is 0 Å². The Balaban J connectivity index is 1.95. The lowest BCUT2D eigenvalue weighted by Gasteiger charge is -2.45. The van der Waals surface area contributed by atoms with Crippen LogP contribution in [0.2, 0.25) is 0 Å². The topological polar surface area (TPSA) is 223 Å². The first-order chi connectivity index (χ1) is 35.2. The second kappa shape index (κ2) is 29.4. The number of esters is 3. The van der Waals surface area contributed by atoms with Crippen molar-refractivity contribution in [3.05, 3.63) is 0 Å². The summed E-state index contributed by atoms with van der Waals surface area (Å²) in [5.74, 6) is -6.10. The summed E-state index contributed by atoms with van der Waals surface area (Å²) in [4.78, 5) is 63.1. The fraction of sp³-hybridized carbons (Fsp3) is 0.912. The summed E-state index contributed by atoms with van der Waals surface area (Å²) in [5.41, 5.74) is -1.48. The van der Waals surface area contributed by atoms with Crippen LogP contribution in [0, 0.1) is 59.2 Å². The molecule has 4 rings (SSSR count). The molecule has 434 valence electrons. The van der Waals surface area contributed by atoms with Gasteiger partial charge in [0.05, 0.1) is 54.7 Å². The molecule has 0 radical (unpaired) electrons. The minimum atomic E-state index is -1.81. The number of hydrogen-bond donors (Lipinski definition) is 2. The number of hydrogen-bond acceptors (Lipinski definition) is 18. The first-order valence-corrected chi connectivity index (χ1v) is 28.1. The summed E-state index contributed by atoms with van der Waals surface area (Å²) in [7, 11) is 4.34. The van der Waals surface area contributed by atoms with E-state index >= 15 is 9.59 Å². The zero-order chi connectivity index (χ0) is 56.2. The molecule has 3 aliphatic heterocycles. The van der Waals surface area contributed by atoms with Crippen LogP contribution < -0.4 is 0 Å². The molecule has 0 aromatic rings. The van der Waals surface area contributed by atoms with Crippen molar-refractivity contribution < 1.29 is 81.6 Å². The molecule has 4 fully saturated rings. The highest BCUT2D eigenvalue weighted by Gasteiger charge is 2.52. The van der Waals surface area contributed by atoms with E-state index in [1.165, 1.54) is 28.3 Å². The molecule has 0 amide bonds. The number of unbranched alkanes of at least 4 members (excludes halogenated alkanes) is 1. The number of oxime groups is 1. The van der Waals surface area contributed by atoms with Crippen LogP contribution in [0.3, 0.4) is 0 Å². The number of carbonyl (C=O) groups excluding carboxylic acids is 4. The number of aliphatic hydroxyl groups excluding tert-OH is 2. The Morgan fingerprint density at radius 3 is 2.07 bits per heavy atom. The van der Waals surface area contributed by atoms with E-state index in [9.17, 15) is 19.8 Å². The highest BCUT2D eigenvalue weighted by molar-refractivity contribution is 5.91. The average Bonchev–Trinajstić information content (AvgIpc) is 3.47. The van der Waals surface area contributed by atoms with E-state index in [4.69, 9.17) is 52.2 Å². The molecule has 1 aliphatic carbocycles. The molecule has 18 nitrogen and oxygen atoms in total. The van der Waals surface area contributed by atoms with Crippen LogP contribution in [0.5, 0.6) is 0 Å². The Bertz CT molecular complexity index is 1830. The summed E-state index contributed by atoms with van der Waals surface area (Å²) in [5, 5.41) is 26.8. The monoisotopic (exact) mass is 1070 g/mol. The zero-order valence-corrected chi connectivity index (χ0v) is 48.8. The van der Waals surface area contributed by atoms with Gasteiger partial charge in [0.1, 0.15) is 43.7 Å². The number of cyclic esters (lactones) is 1. The van der Waals surface area contributed by atoms with Crippen molar-refractivity contribution in [2.45, 2.75) is 247 Å². The van der Waals surface area contributed by atoms with E-state index in [-0.39, 0.29) is 37.9 Å². The third kappa shape index (κ3) is 17.1. The highest BCUT2D eigenvalue weighted by Crippen LogP contribution is 2.42. The third-order valence-corrected chi connectivity index (χ3v) is 16.5. The predicted molar refractivity (Wildman–Crippen MR) is 280 cm³/mol. The Labute approximate surface area is 448 Å². The second-order valence-electron chi connectivity index (χ2n) is 23.8. The Hall–Kier alpha value is -2.81. The van der Waals surface area contributed by atoms with Crippen LogP contribution in [-0.2, 0) is 71.4 Å². The molecule has 2 N–H and O–H groups in total. The van der Waals surface area contributed by atoms with Crippen molar-refractivity contribution in [3.8, 4) is 0 Å². The summed E-state index contributed by atoms with van der Waals surface area (Å²) in [6, 6.07) is 0. The molecule has 0 spiro atoms. The summed E-state index contributed by atoms with van der Waals surface area (Å²) in [6.45, 7) is 27.7. The van der Waals surface area contributed by atoms with E-state index in [2.05, 4.69) is 25.9 Å². The molecule has 3 heterocycles. The van der Waals surface area contributed by atoms with E-state index in [0.29, 0.717) is 23.5 Å². The van der Waals surface area contributed by atoms with Gasteiger partial charge in [-0.3, -0.25) is 19.2 Å². The van der Waals surface area contributed by atoms with E-state index in [1.807, 2.05) is 41.5 Å². The maximum atomic E-state index is 15.5. The van der Waals surface area contributed by atoms with Crippen LogP contribution in [0.25, 0.3) is 0 Å². The first kappa shape index (κ1) is 64.7. The Morgan fingerprint density at radius 1 is 0.800 bits per heavy atom. The molecule has 0 aromatic heterocycles. The van der Waals surface area contributed by atoms with Crippen molar-refractivity contribution in [1.29, 1.82) is 0 Å². The molecule has 4 aliphatic rings. The number of ether oxygens (including phenoxy) is 10. The van der Waals surface area contributed by atoms with Gasteiger partial charge < -0.3 is 62.4 Å². The number of Topliss-reactive ketones (excluding diaryl/α,β-unsaturated/α-hetero) is 1. The molecule has 3 saturated heterocycles. The molecule has 2 unspecified atom stereocenters. The average molecular weight is 1070 g/mol. The van der Waals surface area contributed by atoms with Crippen molar-refractivity contribution in [1.82, 2.24) is 0 Å². The number of nitrogens with zero attached hydrogens (tertiary/aromatic N) is 1. The van der Waals surface area contributed by atoms with Crippen molar-refractivity contribution in [3.63, 3.8) is 0 Å². The quantitative estimate of drug-likeness (QED) is 0.0574. The van der Waals surface area contributed by atoms with Crippen molar-refractivity contribution >= 4 is 29.4 Å². The van der Waals surface area contributed by atoms with E-state index in [0.717, 1.165) is 38.5 Å². The smallest absolute Gasteiger partial charge is 0.311 e. The van der Waals surface area contributed by atoms with Gasteiger partial charge in [0.25, 0.3) is 0 Å². The van der Waals surface area contributed by atoms with Gasteiger partial charge in [-0.2, -0.15) is 0 Å². The van der Waals surface area contributed by atoms with Crippen LogP contribution in [0.15, 0.2) is 5.16 Å². The maximum absolute atomic E-state index is 15.5. The van der Waals surface area contributed by atoms with Gasteiger partial charge in [0.2, 0.25) is 0 Å². The molecule has 75 heavy (non-hydrogen) atoms. The SMILES string of the molecule is CCCCC1C[C@H](C)C[C@@H](O[C@H]2[C@H](C)[C@@H](O[C@@H]3O[C@H](C)CC(=NOC)[C@H]3O)[C@@H](C)C[C@](C)(OC(C)=O)C(=O)[C@H](C)[C@H](OC(=O)CC(C)C)[C@@H](C)C([C@@H](C)CO[C@@H]3O[C@H](C)[C@@H](O)[C@@H](OC)[C@H]3OC)OC(=O)[C@@H]2C)C[C@@H]1C. The molecule has 1 saturated carbocycles. The third-order valence-electron chi connectivity index (χ3n) is 16.5. The zero-order valence-electron chi connectivity index (χ0n) is 48.8. The number of ketones is 1. The number of carbonyl (C=O) groups is 4. The van der Waals surface area contributed by atoms with Crippen molar-refractivity contribution in [2.24, 2.45) is 64.3 Å². The van der Waals surface area contributed by atoms with Crippen LogP contribution in [0.1, 0.15) is 162 Å². The molecule has 23 atom stereocenters. The molecule has 18 heteroatoms.